The third-order valence-corrected chi connectivity index (χ3v) is 5.16. The average molecular weight is 287 g/mol. The minimum Gasteiger partial charge on any atom is -0.394 e. The number of aliphatic hydroxyl groups is 1. The Bertz CT molecular complexity index is 552. The Labute approximate surface area is 124 Å². The predicted octanol–water partition coefficient (Wildman–Crippen LogP) is 3.45. The van der Waals surface area contributed by atoms with Crippen molar-refractivity contribution in [2.45, 2.75) is 37.8 Å². The van der Waals surface area contributed by atoms with Crippen LogP contribution in [0.25, 0.3) is 0 Å². The second kappa shape index (κ2) is 6.08. The third kappa shape index (κ3) is 2.66. The summed E-state index contributed by atoms with van der Waals surface area (Å²) in [5, 5.41) is 15.8. The molecule has 20 heavy (non-hydrogen) atoms. The Balaban J connectivity index is 1.90. The highest BCUT2D eigenvalue weighted by Gasteiger charge is 2.34. The van der Waals surface area contributed by atoms with Gasteiger partial charge in [-0.1, -0.05) is 36.8 Å². The lowest BCUT2D eigenvalue weighted by Gasteiger charge is -2.34. The number of hydrogen-bond donors (Lipinski definition) is 2. The highest BCUT2D eigenvalue weighted by molar-refractivity contribution is 7.09. The Kier molecular flexibility index (Phi) is 4.20. The van der Waals surface area contributed by atoms with E-state index in [-0.39, 0.29) is 12.1 Å². The van der Waals surface area contributed by atoms with E-state index >= 15 is 0 Å². The predicted molar refractivity (Wildman–Crippen MR) is 83.9 cm³/mol. The Hall–Kier alpha value is -1.16. The van der Waals surface area contributed by atoms with Gasteiger partial charge in [-0.15, -0.1) is 11.3 Å². The van der Waals surface area contributed by atoms with Gasteiger partial charge in [0.2, 0.25) is 0 Å². The molecule has 0 bridgehead atoms. The average Bonchev–Trinajstić information content (AvgIpc) is 2.94. The van der Waals surface area contributed by atoms with Crippen LogP contribution in [0.15, 0.2) is 41.8 Å². The molecule has 1 aliphatic rings. The van der Waals surface area contributed by atoms with Gasteiger partial charge >= 0.3 is 0 Å². The van der Waals surface area contributed by atoms with E-state index in [1.807, 2.05) is 0 Å². The molecule has 0 amide bonds. The Morgan fingerprint density at radius 2 is 2.05 bits per heavy atom. The second-order valence-electron chi connectivity index (χ2n) is 5.54. The standard InChI is InChI=1S/C17H21NOS/c19-13-17(18-12-15-8-5-11-20-15)10-4-3-7-14-6-1-2-9-16(14)17/h1-2,5-6,8-9,11,18-19H,3-4,7,10,12-13H2. The van der Waals surface area contributed by atoms with Crippen molar-refractivity contribution in [2.24, 2.45) is 0 Å². The van der Waals surface area contributed by atoms with Gasteiger partial charge in [0, 0.05) is 11.4 Å². The van der Waals surface area contributed by atoms with Crippen molar-refractivity contribution in [2.75, 3.05) is 6.61 Å². The van der Waals surface area contributed by atoms with Gasteiger partial charge in [0.15, 0.2) is 0 Å². The molecule has 1 unspecified atom stereocenters. The second-order valence-corrected chi connectivity index (χ2v) is 6.57. The van der Waals surface area contributed by atoms with E-state index in [2.05, 4.69) is 47.1 Å². The van der Waals surface area contributed by atoms with Gasteiger partial charge in [0.25, 0.3) is 0 Å². The SMILES string of the molecule is OCC1(NCc2cccs2)CCCCc2ccccc21. The molecule has 3 heteroatoms. The molecular weight excluding hydrogens is 266 g/mol. The summed E-state index contributed by atoms with van der Waals surface area (Å²) in [5.74, 6) is 0. The summed E-state index contributed by atoms with van der Waals surface area (Å²) >= 11 is 1.76. The van der Waals surface area contributed by atoms with Gasteiger partial charge in [-0.3, -0.25) is 0 Å². The number of fused-ring (bicyclic) bond motifs is 1. The quantitative estimate of drug-likeness (QED) is 0.844. The Morgan fingerprint density at radius 3 is 2.85 bits per heavy atom. The van der Waals surface area contributed by atoms with Crippen molar-refractivity contribution < 1.29 is 5.11 Å². The van der Waals surface area contributed by atoms with Crippen molar-refractivity contribution in [3.63, 3.8) is 0 Å². The van der Waals surface area contributed by atoms with E-state index in [4.69, 9.17) is 0 Å². The number of hydrogen-bond acceptors (Lipinski definition) is 3. The molecule has 3 rings (SSSR count). The zero-order valence-electron chi connectivity index (χ0n) is 11.6. The molecular formula is C17H21NOS. The van der Waals surface area contributed by atoms with Crippen molar-refractivity contribution in [1.29, 1.82) is 0 Å². The summed E-state index contributed by atoms with van der Waals surface area (Å²) in [6, 6.07) is 12.8. The normalized spacial score (nSPS) is 22.2. The number of benzene rings is 1. The fourth-order valence-corrected chi connectivity index (χ4v) is 3.80. The molecule has 2 aromatic rings. The van der Waals surface area contributed by atoms with Crippen LogP contribution in [0.5, 0.6) is 0 Å². The minimum atomic E-state index is -0.281. The van der Waals surface area contributed by atoms with Crippen molar-refractivity contribution >= 4 is 11.3 Å². The van der Waals surface area contributed by atoms with Crippen LogP contribution in [-0.4, -0.2) is 11.7 Å². The summed E-state index contributed by atoms with van der Waals surface area (Å²) in [6.07, 6.45) is 4.50. The molecule has 1 aliphatic carbocycles. The molecule has 0 fully saturated rings. The maximum absolute atomic E-state index is 10.1. The molecule has 0 aliphatic heterocycles. The highest BCUT2D eigenvalue weighted by atomic mass is 32.1. The van der Waals surface area contributed by atoms with Crippen molar-refractivity contribution in [1.82, 2.24) is 5.32 Å². The summed E-state index contributed by atoms with van der Waals surface area (Å²) in [7, 11) is 0. The number of aliphatic hydroxyl groups excluding tert-OH is 1. The van der Waals surface area contributed by atoms with Gasteiger partial charge in [-0.2, -0.15) is 0 Å². The minimum absolute atomic E-state index is 0.162. The van der Waals surface area contributed by atoms with Crippen molar-refractivity contribution in [3.8, 4) is 0 Å². The zero-order chi connectivity index (χ0) is 13.8. The van der Waals surface area contributed by atoms with Crippen LogP contribution in [0.1, 0.15) is 35.3 Å². The van der Waals surface area contributed by atoms with Crippen LogP contribution in [0, 0.1) is 0 Å². The highest BCUT2D eigenvalue weighted by Crippen LogP contribution is 2.34. The lowest BCUT2D eigenvalue weighted by atomic mass is 9.85. The van der Waals surface area contributed by atoms with Gasteiger partial charge in [-0.25, -0.2) is 0 Å². The monoisotopic (exact) mass is 287 g/mol. The lowest BCUT2D eigenvalue weighted by Crippen LogP contribution is -2.45. The van der Waals surface area contributed by atoms with E-state index in [9.17, 15) is 5.11 Å². The molecule has 1 atom stereocenters. The van der Waals surface area contributed by atoms with E-state index in [1.54, 1.807) is 11.3 Å². The summed E-state index contributed by atoms with van der Waals surface area (Å²) in [6.45, 7) is 0.988. The van der Waals surface area contributed by atoms with Gasteiger partial charge in [0.05, 0.1) is 12.1 Å². The summed E-state index contributed by atoms with van der Waals surface area (Å²) in [5.41, 5.74) is 2.39. The molecule has 1 heterocycles. The first-order valence-corrected chi connectivity index (χ1v) is 8.19. The Morgan fingerprint density at radius 1 is 1.15 bits per heavy atom. The topological polar surface area (TPSA) is 32.3 Å². The molecule has 2 N–H and O–H groups in total. The van der Waals surface area contributed by atoms with Crippen LogP contribution < -0.4 is 5.32 Å². The number of aryl methyl sites for hydroxylation is 1. The summed E-state index contributed by atoms with van der Waals surface area (Å²) in [4.78, 5) is 1.32. The number of nitrogens with one attached hydrogen (secondary N) is 1. The van der Waals surface area contributed by atoms with E-state index in [0.717, 1.165) is 25.8 Å². The van der Waals surface area contributed by atoms with E-state index in [1.165, 1.54) is 22.4 Å². The van der Waals surface area contributed by atoms with E-state index in [0.29, 0.717) is 0 Å². The molecule has 106 valence electrons. The van der Waals surface area contributed by atoms with Crippen LogP contribution in [0.2, 0.25) is 0 Å². The maximum atomic E-state index is 10.1. The molecule has 0 saturated heterocycles. The largest absolute Gasteiger partial charge is 0.394 e. The fraction of sp³-hybridized carbons (Fsp3) is 0.412. The first-order valence-electron chi connectivity index (χ1n) is 7.31. The van der Waals surface area contributed by atoms with Crippen LogP contribution in [0.3, 0.4) is 0 Å². The maximum Gasteiger partial charge on any atom is 0.0674 e. The van der Waals surface area contributed by atoms with Crippen LogP contribution in [-0.2, 0) is 18.5 Å². The van der Waals surface area contributed by atoms with Crippen molar-refractivity contribution in [3.05, 3.63) is 57.8 Å². The van der Waals surface area contributed by atoms with Gasteiger partial charge in [-0.05, 0) is 41.8 Å². The molecule has 1 aromatic carbocycles. The van der Waals surface area contributed by atoms with Gasteiger partial charge < -0.3 is 10.4 Å². The molecule has 1 aromatic heterocycles. The zero-order valence-corrected chi connectivity index (χ0v) is 12.5. The lowest BCUT2D eigenvalue weighted by molar-refractivity contribution is 0.148. The summed E-state index contributed by atoms with van der Waals surface area (Å²) < 4.78 is 0. The molecule has 0 radical (unpaired) electrons. The van der Waals surface area contributed by atoms with Gasteiger partial charge in [0.1, 0.15) is 0 Å². The van der Waals surface area contributed by atoms with E-state index < -0.39 is 0 Å². The first kappa shape index (κ1) is 13.8. The number of rotatable bonds is 4. The van der Waals surface area contributed by atoms with Crippen LogP contribution in [0.4, 0.5) is 0 Å². The smallest absolute Gasteiger partial charge is 0.0674 e. The molecule has 2 nitrogen and oxygen atoms in total. The molecule has 0 saturated carbocycles. The van der Waals surface area contributed by atoms with Crippen LogP contribution >= 0.6 is 11.3 Å². The molecule has 0 spiro atoms. The number of thiophene rings is 1. The fourth-order valence-electron chi connectivity index (χ4n) is 3.16. The first-order chi connectivity index (χ1) is 9.84. The third-order valence-electron chi connectivity index (χ3n) is 4.28.